The van der Waals surface area contributed by atoms with E-state index in [0.29, 0.717) is 5.56 Å². The Morgan fingerprint density at radius 2 is 1.94 bits per heavy atom. The van der Waals surface area contributed by atoms with Crippen LogP contribution in [-0.4, -0.2) is 50.6 Å². The molecule has 0 radical (unpaired) electrons. The number of anilines is 1. The number of hydrogen-bond donors (Lipinski definition) is 1. The Bertz CT molecular complexity index is 1270. The summed E-state index contributed by atoms with van der Waals surface area (Å²) >= 11 is 0. The summed E-state index contributed by atoms with van der Waals surface area (Å²) in [6.07, 6.45) is 8.36. The number of piperazine rings is 1. The summed E-state index contributed by atoms with van der Waals surface area (Å²) < 4.78 is 3.63. The van der Waals surface area contributed by atoms with E-state index in [2.05, 4.69) is 51.6 Å². The molecular formula is C23H24N8. The van der Waals surface area contributed by atoms with Gasteiger partial charge in [-0.2, -0.15) is 15.5 Å². The van der Waals surface area contributed by atoms with E-state index in [1.165, 1.54) is 0 Å². The number of hydrogen-bond acceptors (Lipinski definition) is 6. The molecule has 8 nitrogen and oxygen atoms in total. The topological polar surface area (TPSA) is 87.1 Å². The zero-order valence-corrected chi connectivity index (χ0v) is 17.7. The van der Waals surface area contributed by atoms with Crippen molar-refractivity contribution in [1.29, 1.82) is 5.26 Å². The first-order valence-corrected chi connectivity index (χ1v) is 10.5. The molecule has 5 rings (SSSR count). The molecule has 0 aliphatic carbocycles. The third-order valence-corrected chi connectivity index (χ3v) is 5.78. The van der Waals surface area contributed by atoms with Gasteiger partial charge < -0.3 is 10.2 Å². The molecule has 4 aromatic rings. The Hall–Kier alpha value is -3.70. The molecule has 8 heteroatoms. The first-order valence-electron chi connectivity index (χ1n) is 10.5. The largest absolute Gasteiger partial charge is 0.354 e. The highest BCUT2D eigenvalue weighted by Gasteiger charge is 2.17. The van der Waals surface area contributed by atoms with Gasteiger partial charge in [0, 0.05) is 74.1 Å². The van der Waals surface area contributed by atoms with Crippen molar-refractivity contribution in [2.45, 2.75) is 13.3 Å². The van der Waals surface area contributed by atoms with Gasteiger partial charge in [-0.1, -0.05) is 6.92 Å². The molecular weight excluding hydrogens is 388 g/mol. The van der Waals surface area contributed by atoms with Crippen LogP contribution < -0.4 is 10.2 Å². The molecule has 0 spiro atoms. The molecule has 1 saturated heterocycles. The van der Waals surface area contributed by atoms with Gasteiger partial charge in [0.2, 0.25) is 0 Å². The van der Waals surface area contributed by atoms with Gasteiger partial charge in [0.05, 0.1) is 23.0 Å². The van der Waals surface area contributed by atoms with Crippen molar-refractivity contribution in [3.05, 3.63) is 54.2 Å². The molecule has 0 atom stereocenters. The van der Waals surface area contributed by atoms with E-state index in [-0.39, 0.29) is 0 Å². The molecule has 0 unspecified atom stereocenters. The van der Waals surface area contributed by atoms with Crippen molar-refractivity contribution in [2.75, 3.05) is 31.1 Å². The highest BCUT2D eigenvalue weighted by Crippen LogP contribution is 2.33. The highest BCUT2D eigenvalue weighted by atomic mass is 15.3. The number of nitrogens with one attached hydrogen (secondary N) is 1. The Kier molecular flexibility index (Phi) is 4.88. The Balaban J connectivity index is 1.64. The molecule has 1 aliphatic rings. The van der Waals surface area contributed by atoms with Crippen molar-refractivity contribution < 1.29 is 0 Å². The van der Waals surface area contributed by atoms with Crippen LogP contribution in [0.4, 0.5) is 5.82 Å². The van der Waals surface area contributed by atoms with Crippen LogP contribution in [0.25, 0.3) is 27.8 Å². The summed E-state index contributed by atoms with van der Waals surface area (Å²) in [7, 11) is 1.93. The number of nitriles is 1. The predicted molar refractivity (Wildman–Crippen MR) is 120 cm³/mol. The van der Waals surface area contributed by atoms with Crippen LogP contribution >= 0.6 is 0 Å². The minimum atomic E-state index is 0.551. The van der Waals surface area contributed by atoms with Crippen LogP contribution in [0.1, 0.15) is 18.2 Å². The van der Waals surface area contributed by atoms with E-state index in [4.69, 9.17) is 4.98 Å². The molecule has 1 N–H and O–H groups in total. The molecule has 156 valence electrons. The van der Waals surface area contributed by atoms with Gasteiger partial charge in [-0.05, 0) is 24.6 Å². The lowest BCUT2D eigenvalue weighted by Gasteiger charge is -2.28. The summed E-state index contributed by atoms with van der Waals surface area (Å²) in [5, 5.41) is 22.0. The van der Waals surface area contributed by atoms with Crippen LogP contribution in [0.2, 0.25) is 0 Å². The van der Waals surface area contributed by atoms with Gasteiger partial charge in [0.15, 0.2) is 0 Å². The average Bonchev–Trinajstić information content (AvgIpc) is 3.42. The molecule has 1 fully saturated rings. The third-order valence-electron chi connectivity index (χ3n) is 5.78. The molecule has 5 heterocycles. The number of aromatic nitrogens is 5. The number of fused-ring (bicyclic) bond motifs is 1. The van der Waals surface area contributed by atoms with Crippen LogP contribution in [0, 0.1) is 11.3 Å². The fourth-order valence-electron chi connectivity index (χ4n) is 4.23. The second-order valence-corrected chi connectivity index (χ2v) is 7.76. The summed E-state index contributed by atoms with van der Waals surface area (Å²) in [4.78, 5) is 7.02. The maximum absolute atomic E-state index is 9.64. The first kappa shape index (κ1) is 19.3. The summed E-state index contributed by atoms with van der Waals surface area (Å²) in [6.45, 7) is 5.95. The maximum Gasteiger partial charge on any atom is 0.128 e. The van der Waals surface area contributed by atoms with Gasteiger partial charge >= 0.3 is 0 Å². The molecule has 31 heavy (non-hydrogen) atoms. The monoisotopic (exact) mass is 412 g/mol. The number of rotatable bonds is 4. The van der Waals surface area contributed by atoms with Crippen molar-refractivity contribution in [3.8, 4) is 28.3 Å². The lowest BCUT2D eigenvalue weighted by molar-refractivity contribution is 0.585. The van der Waals surface area contributed by atoms with E-state index >= 15 is 0 Å². The third kappa shape index (κ3) is 3.43. The molecule has 4 aromatic heterocycles. The minimum Gasteiger partial charge on any atom is -0.354 e. The molecule has 1 aliphatic heterocycles. The quantitative estimate of drug-likeness (QED) is 0.555. The molecule has 0 aromatic carbocycles. The Labute approximate surface area is 180 Å². The maximum atomic E-state index is 9.64. The predicted octanol–water partition coefficient (Wildman–Crippen LogP) is 2.64. The smallest absolute Gasteiger partial charge is 0.128 e. The number of aryl methyl sites for hydroxylation is 2. The van der Waals surface area contributed by atoms with Crippen LogP contribution in [0.3, 0.4) is 0 Å². The fourth-order valence-corrected chi connectivity index (χ4v) is 4.23. The summed E-state index contributed by atoms with van der Waals surface area (Å²) in [5.41, 5.74) is 6.38. The Morgan fingerprint density at radius 1 is 1.10 bits per heavy atom. The SMILES string of the molecule is CCc1nn(C)cc1-c1cc(-c2ccc(N3CCNCC3)nc2)c2c(C#N)cnn2c1. The van der Waals surface area contributed by atoms with Gasteiger partial charge in [-0.15, -0.1) is 0 Å². The zero-order valence-electron chi connectivity index (χ0n) is 17.7. The van der Waals surface area contributed by atoms with Crippen molar-refractivity contribution in [3.63, 3.8) is 0 Å². The van der Waals surface area contributed by atoms with Crippen LogP contribution in [0.5, 0.6) is 0 Å². The summed E-state index contributed by atoms with van der Waals surface area (Å²) in [6, 6.07) is 8.54. The van der Waals surface area contributed by atoms with Gasteiger partial charge in [-0.25, -0.2) is 9.50 Å². The molecule has 0 amide bonds. The second-order valence-electron chi connectivity index (χ2n) is 7.76. The molecule has 0 saturated carbocycles. The first-order chi connectivity index (χ1) is 15.2. The molecule has 0 bridgehead atoms. The van der Waals surface area contributed by atoms with Crippen molar-refractivity contribution >= 4 is 11.3 Å². The van der Waals surface area contributed by atoms with E-state index in [0.717, 1.165) is 71.9 Å². The van der Waals surface area contributed by atoms with Gasteiger partial charge in [-0.3, -0.25) is 4.68 Å². The standard InChI is InChI=1S/C23H24N8/c1-3-21-20(15-29(2)28-21)17-10-19(23-18(11-24)13-27-31(23)14-17)16-4-5-22(26-12-16)30-8-6-25-7-9-30/h4-5,10,12-15,25H,3,6-9H2,1-2H3. The Morgan fingerprint density at radius 3 is 2.65 bits per heavy atom. The fraction of sp³-hybridized carbons (Fsp3) is 0.304. The minimum absolute atomic E-state index is 0.551. The van der Waals surface area contributed by atoms with E-state index in [1.54, 1.807) is 10.7 Å². The number of pyridine rings is 2. The highest BCUT2D eigenvalue weighted by molar-refractivity contribution is 5.87. The van der Waals surface area contributed by atoms with Crippen molar-refractivity contribution in [1.82, 2.24) is 29.7 Å². The average molecular weight is 413 g/mol. The van der Waals surface area contributed by atoms with Gasteiger partial charge in [0.1, 0.15) is 11.9 Å². The number of nitrogens with zero attached hydrogens (tertiary/aromatic N) is 7. The van der Waals surface area contributed by atoms with E-state index < -0.39 is 0 Å². The zero-order chi connectivity index (χ0) is 21.4. The normalized spacial score (nSPS) is 14.2. The second kappa shape index (κ2) is 7.85. The van der Waals surface area contributed by atoms with Crippen LogP contribution in [-0.2, 0) is 13.5 Å². The van der Waals surface area contributed by atoms with Gasteiger partial charge in [0.25, 0.3) is 0 Å². The lowest BCUT2D eigenvalue weighted by Crippen LogP contribution is -2.43. The lowest BCUT2D eigenvalue weighted by atomic mass is 9.99. The van der Waals surface area contributed by atoms with E-state index in [9.17, 15) is 5.26 Å². The van der Waals surface area contributed by atoms with E-state index in [1.807, 2.05) is 30.3 Å². The summed E-state index contributed by atoms with van der Waals surface area (Å²) in [5.74, 6) is 0.979. The van der Waals surface area contributed by atoms with Crippen molar-refractivity contribution in [2.24, 2.45) is 7.05 Å². The van der Waals surface area contributed by atoms with Crippen LogP contribution in [0.15, 0.2) is 43.0 Å².